The summed E-state index contributed by atoms with van der Waals surface area (Å²) in [4.78, 5) is 27.2. The highest BCUT2D eigenvalue weighted by molar-refractivity contribution is 8.00. The third-order valence-corrected chi connectivity index (χ3v) is 5.10. The zero-order valence-corrected chi connectivity index (χ0v) is 13.4. The van der Waals surface area contributed by atoms with Crippen molar-refractivity contribution >= 4 is 17.7 Å². The van der Waals surface area contributed by atoms with E-state index in [1.165, 1.54) is 0 Å². The smallest absolute Gasteiger partial charge is 0.328 e. The van der Waals surface area contributed by atoms with Crippen LogP contribution >= 0.6 is 11.8 Å². The number of primary amides is 1. The molecule has 3 fully saturated rings. The third-order valence-electron chi connectivity index (χ3n) is 3.94. The minimum Gasteiger partial charge on any atom is -1.00 e. The van der Waals surface area contributed by atoms with E-state index in [1.807, 2.05) is 6.92 Å². The Balaban J connectivity index is 0.00000176. The quantitative estimate of drug-likeness (QED) is 0.380. The lowest BCUT2D eigenvalue weighted by atomic mass is 10.1. The summed E-state index contributed by atoms with van der Waals surface area (Å²) in [5.41, 5.74) is 0. The van der Waals surface area contributed by atoms with Gasteiger partial charge in [0.2, 0.25) is 0 Å². The summed E-state index contributed by atoms with van der Waals surface area (Å²) in [5, 5.41) is 14.7. The van der Waals surface area contributed by atoms with Crippen LogP contribution in [-0.2, 0) is 19.1 Å². The second-order valence-corrected chi connectivity index (χ2v) is 6.76. The van der Waals surface area contributed by atoms with Crippen molar-refractivity contribution in [1.29, 1.82) is 0 Å². The van der Waals surface area contributed by atoms with Crippen LogP contribution in [-0.4, -0.2) is 65.7 Å². The molecule has 0 aromatic rings. The van der Waals surface area contributed by atoms with Gasteiger partial charge in [-0.1, -0.05) is 0 Å². The third kappa shape index (κ3) is 3.63. The number of rotatable bonds is 4. The van der Waals surface area contributed by atoms with Gasteiger partial charge in [-0.2, -0.15) is 0 Å². The average Bonchev–Trinajstić information content (AvgIpc) is 3.09. The highest BCUT2D eigenvalue weighted by Gasteiger charge is 2.52. The van der Waals surface area contributed by atoms with Crippen LogP contribution in [0.4, 0.5) is 0 Å². The van der Waals surface area contributed by atoms with Gasteiger partial charge in [0.05, 0.1) is 12.0 Å². The number of thioether (sulfide) groups is 1. The van der Waals surface area contributed by atoms with E-state index in [0.717, 1.165) is 5.75 Å². The number of nitrogens with zero attached hydrogens (tertiary/aromatic N) is 1. The molecular formula is C11H18ClN3O6S. The molecule has 9 nitrogen and oxygen atoms in total. The van der Waals surface area contributed by atoms with Gasteiger partial charge in [-0.15, -0.1) is 21.9 Å². The maximum absolute atomic E-state index is 12.2. The van der Waals surface area contributed by atoms with Crippen LogP contribution in [0.5, 0.6) is 0 Å². The van der Waals surface area contributed by atoms with Gasteiger partial charge in [0.1, 0.15) is 30.9 Å². The van der Waals surface area contributed by atoms with E-state index in [-0.39, 0.29) is 48.5 Å². The maximum Gasteiger partial charge on any atom is 0.328 e. The summed E-state index contributed by atoms with van der Waals surface area (Å²) >= 11 is 1.71. The molecule has 0 unspecified atom stereocenters. The minimum atomic E-state index is -0.830. The van der Waals surface area contributed by atoms with E-state index >= 15 is 0 Å². The van der Waals surface area contributed by atoms with Gasteiger partial charge in [0.25, 0.3) is 5.09 Å². The summed E-state index contributed by atoms with van der Waals surface area (Å²) in [5.74, 6) is 0.787. The summed E-state index contributed by atoms with van der Waals surface area (Å²) in [6, 6.07) is -0.346. The zero-order valence-electron chi connectivity index (χ0n) is 11.8. The molecule has 0 aromatic heterocycles. The first-order chi connectivity index (χ1) is 10.0. The molecule has 22 heavy (non-hydrogen) atoms. The molecule has 6 atom stereocenters. The molecule has 3 rings (SSSR count). The number of halogens is 1. The van der Waals surface area contributed by atoms with Gasteiger partial charge in [-0.3, -0.25) is 10.6 Å². The van der Waals surface area contributed by atoms with Crippen LogP contribution in [0.25, 0.3) is 0 Å². The highest BCUT2D eigenvalue weighted by atomic mass is 35.5. The number of amides is 1. The number of carbonyl (C=O) groups is 1. The molecule has 1 amide bonds. The Hall–Kier alpha value is -0.650. The molecule has 3 saturated heterocycles. The first-order valence-electron chi connectivity index (χ1n) is 6.85. The average molecular weight is 356 g/mol. The molecular weight excluding hydrogens is 338 g/mol. The van der Waals surface area contributed by atoms with E-state index in [2.05, 4.69) is 10.2 Å². The van der Waals surface area contributed by atoms with E-state index in [4.69, 9.17) is 9.47 Å². The number of carbonyl (C=O) groups excluding carboxylic acids is 1. The van der Waals surface area contributed by atoms with Crippen molar-refractivity contribution < 1.29 is 41.9 Å². The topological polar surface area (TPSA) is 117 Å². The molecule has 3 aliphatic rings. The number of nitrogens with two attached hydrogens (primary N) is 1. The van der Waals surface area contributed by atoms with Crippen LogP contribution in [0.15, 0.2) is 0 Å². The Labute approximate surface area is 137 Å². The summed E-state index contributed by atoms with van der Waals surface area (Å²) in [7, 11) is 0. The fourth-order valence-corrected chi connectivity index (χ4v) is 3.95. The van der Waals surface area contributed by atoms with Crippen LogP contribution in [0.3, 0.4) is 0 Å². The molecule has 11 heteroatoms. The first kappa shape index (κ1) is 17.7. The Morgan fingerprint density at radius 1 is 1.41 bits per heavy atom. The second-order valence-electron chi connectivity index (χ2n) is 5.39. The number of ether oxygens (including phenoxy) is 2. The molecule has 0 spiro atoms. The van der Waals surface area contributed by atoms with Crippen molar-refractivity contribution in [2.75, 3.05) is 19.0 Å². The Kier molecular flexibility index (Phi) is 5.86. The van der Waals surface area contributed by atoms with E-state index in [0.29, 0.717) is 6.61 Å². The molecule has 3 aliphatic heterocycles. The fourth-order valence-electron chi connectivity index (χ4n) is 2.95. The minimum absolute atomic E-state index is 0. The van der Waals surface area contributed by atoms with Crippen molar-refractivity contribution in [2.45, 2.75) is 42.7 Å². The van der Waals surface area contributed by atoms with Gasteiger partial charge >= 0.3 is 5.91 Å². The standard InChI is InChI=1S/C11H17N3O6S.ClH/c1-5-12-7(4-21-5)11(15)13-6-2-18-10-8(20-14(16)17)3-19-9(6)10;/h5-10,12H,2-4H2,1H3,(H,13,15);1H/t5-,6+,7+,8+,9-,10-;/m1./s1. The molecule has 126 valence electrons. The summed E-state index contributed by atoms with van der Waals surface area (Å²) in [6.07, 6.45) is -1.53. The summed E-state index contributed by atoms with van der Waals surface area (Å²) < 4.78 is 11.0. The molecule has 3 N–H and O–H groups in total. The lowest BCUT2D eigenvalue weighted by Crippen LogP contribution is -3.00. The normalized spacial score (nSPS) is 40.0. The van der Waals surface area contributed by atoms with Crippen molar-refractivity contribution in [3.8, 4) is 0 Å². The molecule has 0 saturated carbocycles. The van der Waals surface area contributed by atoms with Crippen LogP contribution < -0.4 is 23.0 Å². The number of quaternary nitrogens is 1. The van der Waals surface area contributed by atoms with E-state index in [9.17, 15) is 14.9 Å². The zero-order chi connectivity index (χ0) is 15.0. The first-order valence-corrected chi connectivity index (χ1v) is 7.90. The largest absolute Gasteiger partial charge is 1.00 e. The van der Waals surface area contributed by atoms with Crippen molar-refractivity contribution in [3.05, 3.63) is 10.1 Å². The fraction of sp³-hybridized carbons (Fsp3) is 0.909. The van der Waals surface area contributed by atoms with Gasteiger partial charge < -0.3 is 26.7 Å². The predicted molar refractivity (Wildman–Crippen MR) is 70.9 cm³/mol. The predicted octanol–water partition coefficient (Wildman–Crippen LogP) is -5.13. The van der Waals surface area contributed by atoms with Crippen LogP contribution in [0.1, 0.15) is 6.92 Å². The second kappa shape index (κ2) is 7.28. The van der Waals surface area contributed by atoms with Crippen LogP contribution in [0, 0.1) is 10.1 Å². The van der Waals surface area contributed by atoms with Gasteiger partial charge in [-0.25, -0.2) is 4.79 Å². The van der Waals surface area contributed by atoms with Gasteiger partial charge in [-0.05, 0) is 6.92 Å². The van der Waals surface area contributed by atoms with Crippen molar-refractivity contribution in [1.82, 2.24) is 5.32 Å². The Morgan fingerprint density at radius 3 is 2.77 bits per heavy atom. The maximum atomic E-state index is 12.2. The van der Waals surface area contributed by atoms with Crippen molar-refractivity contribution in [2.24, 2.45) is 0 Å². The molecule has 3 heterocycles. The monoisotopic (exact) mass is 355 g/mol. The van der Waals surface area contributed by atoms with E-state index in [1.54, 1.807) is 17.1 Å². The van der Waals surface area contributed by atoms with Crippen molar-refractivity contribution in [3.63, 3.8) is 0 Å². The molecule has 0 bridgehead atoms. The number of fused-ring (bicyclic) bond motifs is 1. The number of nitrogens with one attached hydrogen (secondary N) is 1. The van der Waals surface area contributed by atoms with Gasteiger partial charge in [0, 0.05) is 5.75 Å². The SMILES string of the molecule is C[C@@H]1N[C@H](C(=O)[NH2+][C@H]2CO[C@H]3[C@@H]2OC[C@@H]3O[N+](=O)[O-])CS1.[Cl-]. The molecule has 0 aliphatic carbocycles. The number of hydrogen-bond donors (Lipinski definition) is 2. The number of hydrogen-bond acceptors (Lipinski definition) is 8. The Bertz CT molecular complexity index is 444. The molecule has 0 radical (unpaired) electrons. The lowest BCUT2D eigenvalue weighted by Gasteiger charge is -2.15. The highest BCUT2D eigenvalue weighted by Crippen LogP contribution is 2.27. The van der Waals surface area contributed by atoms with E-state index < -0.39 is 17.3 Å². The summed E-state index contributed by atoms with van der Waals surface area (Å²) in [6.45, 7) is 2.46. The lowest BCUT2D eigenvalue weighted by molar-refractivity contribution is -0.769. The van der Waals surface area contributed by atoms with Crippen LogP contribution in [0.2, 0.25) is 0 Å². The Morgan fingerprint density at radius 2 is 2.14 bits per heavy atom. The molecule has 0 aromatic carbocycles. The van der Waals surface area contributed by atoms with Gasteiger partial charge in [0.15, 0.2) is 6.10 Å².